The number of nitrogens with zero attached hydrogens (tertiary/aromatic N) is 1. The first-order valence-corrected chi connectivity index (χ1v) is 12.2. The van der Waals surface area contributed by atoms with Gasteiger partial charge in [0.1, 0.15) is 4.21 Å². The Kier molecular flexibility index (Phi) is 5.68. The minimum absolute atomic E-state index is 0.00480. The van der Waals surface area contributed by atoms with Gasteiger partial charge in [-0.05, 0) is 52.1 Å². The molecule has 1 aromatic carbocycles. The minimum Gasteiger partial charge on any atom is -0.290 e. The molecule has 0 bridgehead atoms. The van der Waals surface area contributed by atoms with E-state index in [4.69, 9.17) is 11.6 Å². The van der Waals surface area contributed by atoms with Crippen LogP contribution in [0.4, 0.5) is 0 Å². The highest BCUT2D eigenvalue weighted by atomic mass is 35.5. The van der Waals surface area contributed by atoms with Crippen LogP contribution < -0.4 is 4.72 Å². The van der Waals surface area contributed by atoms with Gasteiger partial charge in [-0.2, -0.15) is 11.3 Å². The fraction of sp³-hybridized carbons (Fsp3) is 0.263. The van der Waals surface area contributed by atoms with Crippen molar-refractivity contribution in [2.75, 3.05) is 13.1 Å². The largest absolute Gasteiger partial charge is 0.290 e. The molecule has 27 heavy (non-hydrogen) atoms. The summed E-state index contributed by atoms with van der Waals surface area (Å²) in [4.78, 5) is 2.36. The highest BCUT2D eigenvalue weighted by Gasteiger charge is 2.27. The van der Waals surface area contributed by atoms with E-state index in [1.165, 1.54) is 11.1 Å². The Hall–Kier alpha value is -1.22. The Labute approximate surface area is 172 Å². The van der Waals surface area contributed by atoms with Crippen LogP contribution in [0, 0.1) is 0 Å². The van der Waals surface area contributed by atoms with Crippen LogP contribution in [0.2, 0.25) is 4.34 Å². The van der Waals surface area contributed by atoms with E-state index >= 15 is 0 Å². The van der Waals surface area contributed by atoms with Gasteiger partial charge in [-0.15, -0.1) is 11.3 Å². The van der Waals surface area contributed by atoms with Crippen LogP contribution in [0.1, 0.15) is 22.7 Å². The number of benzene rings is 1. The van der Waals surface area contributed by atoms with Gasteiger partial charge >= 0.3 is 0 Å². The third kappa shape index (κ3) is 4.29. The Balaban J connectivity index is 1.54. The van der Waals surface area contributed by atoms with Crippen LogP contribution in [0.3, 0.4) is 0 Å². The first-order valence-electron chi connectivity index (χ1n) is 8.61. The number of thiophene rings is 2. The van der Waals surface area contributed by atoms with Gasteiger partial charge in [0.2, 0.25) is 10.0 Å². The number of rotatable bonds is 6. The molecule has 0 saturated heterocycles. The van der Waals surface area contributed by atoms with Crippen molar-refractivity contribution >= 4 is 44.3 Å². The Morgan fingerprint density at radius 2 is 1.96 bits per heavy atom. The molecule has 142 valence electrons. The molecular formula is C19H19ClN2O2S3. The summed E-state index contributed by atoms with van der Waals surface area (Å²) >= 11 is 8.60. The van der Waals surface area contributed by atoms with Gasteiger partial charge in [-0.3, -0.25) is 4.90 Å². The lowest BCUT2D eigenvalue weighted by Crippen LogP contribution is -2.40. The van der Waals surface area contributed by atoms with Gasteiger partial charge in [0.15, 0.2) is 0 Å². The lowest BCUT2D eigenvalue weighted by Gasteiger charge is -2.35. The Bertz CT molecular complexity index is 1020. The summed E-state index contributed by atoms with van der Waals surface area (Å²) in [7, 11) is -3.56. The first-order chi connectivity index (χ1) is 13.0. The second-order valence-corrected chi connectivity index (χ2v) is 11.0. The third-order valence-corrected chi connectivity index (χ3v) is 8.66. The van der Waals surface area contributed by atoms with Crippen LogP contribution in [0.5, 0.6) is 0 Å². The summed E-state index contributed by atoms with van der Waals surface area (Å²) in [5, 5.41) is 4.13. The van der Waals surface area contributed by atoms with Crippen molar-refractivity contribution in [3.05, 3.63) is 74.3 Å². The van der Waals surface area contributed by atoms with Crippen molar-refractivity contribution in [3.63, 3.8) is 0 Å². The van der Waals surface area contributed by atoms with E-state index in [1.54, 1.807) is 23.5 Å². The average Bonchev–Trinajstić information content (AvgIpc) is 3.34. The van der Waals surface area contributed by atoms with Crippen molar-refractivity contribution in [1.29, 1.82) is 0 Å². The van der Waals surface area contributed by atoms with Gasteiger partial charge in [0.25, 0.3) is 0 Å². The SMILES string of the molecule is O=S(=O)(NCC(c1ccsc1)N1CCc2ccccc2C1)c1ccc(Cl)s1. The molecule has 1 N–H and O–H groups in total. The van der Waals surface area contributed by atoms with E-state index in [-0.39, 0.29) is 10.3 Å². The van der Waals surface area contributed by atoms with Crippen molar-refractivity contribution < 1.29 is 8.42 Å². The molecule has 4 rings (SSSR count). The lowest BCUT2D eigenvalue weighted by atomic mass is 9.97. The molecule has 0 aliphatic carbocycles. The van der Waals surface area contributed by atoms with E-state index < -0.39 is 10.0 Å². The Morgan fingerprint density at radius 3 is 2.67 bits per heavy atom. The second-order valence-electron chi connectivity index (χ2n) is 6.47. The number of halogens is 1. The molecule has 1 atom stereocenters. The fourth-order valence-electron chi connectivity index (χ4n) is 3.41. The minimum atomic E-state index is -3.56. The predicted octanol–water partition coefficient (Wildman–Crippen LogP) is 4.54. The molecule has 0 fully saturated rings. The molecule has 3 heterocycles. The fourth-order valence-corrected chi connectivity index (χ4v) is 6.68. The van der Waals surface area contributed by atoms with Crippen LogP contribution in [-0.4, -0.2) is 26.4 Å². The van der Waals surface area contributed by atoms with E-state index in [0.717, 1.165) is 36.4 Å². The number of nitrogens with one attached hydrogen (secondary N) is 1. The van der Waals surface area contributed by atoms with E-state index in [1.807, 2.05) is 5.38 Å². The van der Waals surface area contributed by atoms with Gasteiger partial charge in [0, 0.05) is 25.7 Å². The van der Waals surface area contributed by atoms with Gasteiger partial charge in [-0.25, -0.2) is 13.1 Å². The monoisotopic (exact) mass is 438 g/mol. The third-order valence-electron chi connectivity index (χ3n) is 4.81. The highest BCUT2D eigenvalue weighted by Crippen LogP contribution is 2.30. The molecule has 1 aliphatic rings. The van der Waals surface area contributed by atoms with Gasteiger partial charge in [0.05, 0.1) is 4.34 Å². The lowest BCUT2D eigenvalue weighted by molar-refractivity contribution is 0.181. The van der Waals surface area contributed by atoms with E-state index in [9.17, 15) is 8.42 Å². The zero-order valence-corrected chi connectivity index (χ0v) is 17.7. The van der Waals surface area contributed by atoms with Crippen molar-refractivity contribution in [1.82, 2.24) is 9.62 Å². The number of sulfonamides is 1. The van der Waals surface area contributed by atoms with Crippen molar-refractivity contribution in [2.45, 2.75) is 23.2 Å². The molecular weight excluding hydrogens is 420 g/mol. The molecule has 8 heteroatoms. The summed E-state index contributed by atoms with van der Waals surface area (Å²) in [6.07, 6.45) is 0.976. The van der Waals surface area contributed by atoms with Gasteiger partial charge < -0.3 is 0 Å². The van der Waals surface area contributed by atoms with Crippen LogP contribution >= 0.6 is 34.3 Å². The molecule has 1 aliphatic heterocycles. The molecule has 3 aromatic rings. The molecule has 0 saturated carbocycles. The molecule has 2 aromatic heterocycles. The highest BCUT2D eigenvalue weighted by molar-refractivity contribution is 7.91. The smallest absolute Gasteiger partial charge is 0.250 e. The summed E-state index contributed by atoms with van der Waals surface area (Å²) < 4.78 is 28.8. The quantitative estimate of drug-likeness (QED) is 0.614. The maximum Gasteiger partial charge on any atom is 0.250 e. The van der Waals surface area contributed by atoms with Crippen molar-refractivity contribution in [2.24, 2.45) is 0 Å². The zero-order chi connectivity index (χ0) is 18.9. The normalized spacial score (nSPS) is 16.2. The van der Waals surface area contributed by atoms with E-state index in [2.05, 4.69) is 45.3 Å². The molecule has 0 amide bonds. The maximum atomic E-state index is 12.6. The molecule has 1 unspecified atom stereocenters. The second kappa shape index (κ2) is 8.03. The molecule has 0 radical (unpaired) electrons. The van der Waals surface area contributed by atoms with Crippen molar-refractivity contribution in [3.8, 4) is 0 Å². The molecule has 0 spiro atoms. The van der Waals surface area contributed by atoms with Crippen LogP contribution in [0.15, 0.2) is 57.4 Å². The molecule has 4 nitrogen and oxygen atoms in total. The first kappa shape index (κ1) is 19.1. The summed E-state index contributed by atoms with van der Waals surface area (Å²) in [6, 6.07) is 13.7. The topological polar surface area (TPSA) is 49.4 Å². The van der Waals surface area contributed by atoms with Gasteiger partial charge in [-0.1, -0.05) is 35.9 Å². The number of hydrogen-bond acceptors (Lipinski definition) is 5. The number of fused-ring (bicyclic) bond motifs is 1. The van der Waals surface area contributed by atoms with E-state index in [0.29, 0.717) is 10.9 Å². The summed E-state index contributed by atoms with van der Waals surface area (Å²) in [6.45, 7) is 2.06. The Morgan fingerprint density at radius 1 is 1.15 bits per heavy atom. The summed E-state index contributed by atoms with van der Waals surface area (Å²) in [5.41, 5.74) is 3.84. The summed E-state index contributed by atoms with van der Waals surface area (Å²) in [5.74, 6) is 0. The predicted molar refractivity (Wildman–Crippen MR) is 112 cm³/mol. The maximum absolute atomic E-state index is 12.6. The standard InChI is InChI=1S/C19H19ClN2O2S3/c20-18-5-6-19(26-18)27(23,24)21-11-17(16-8-10-25-13-16)22-9-7-14-3-1-2-4-15(14)12-22/h1-6,8,10,13,17,21H,7,9,11-12H2. The van der Waals surface area contributed by atoms with Crippen LogP contribution in [-0.2, 0) is 23.0 Å². The van der Waals surface area contributed by atoms with Crippen LogP contribution in [0.25, 0.3) is 0 Å². The number of hydrogen-bond donors (Lipinski definition) is 1. The average molecular weight is 439 g/mol. The zero-order valence-electron chi connectivity index (χ0n) is 14.5.